The summed E-state index contributed by atoms with van der Waals surface area (Å²) in [5.41, 5.74) is 3.36. The van der Waals surface area contributed by atoms with Gasteiger partial charge in [-0.2, -0.15) is 5.10 Å². The number of rotatable bonds is 7. The van der Waals surface area contributed by atoms with Gasteiger partial charge in [-0.15, -0.1) is 0 Å². The minimum atomic E-state index is -3.82. The third-order valence-electron chi connectivity index (χ3n) is 5.69. The fourth-order valence-electron chi connectivity index (χ4n) is 3.93. The van der Waals surface area contributed by atoms with Crippen molar-refractivity contribution in [3.63, 3.8) is 0 Å². The predicted molar refractivity (Wildman–Crippen MR) is 137 cm³/mol. The Labute approximate surface area is 209 Å². The number of anilines is 2. The summed E-state index contributed by atoms with van der Waals surface area (Å²) >= 11 is 0. The molecule has 3 aromatic rings. The minimum Gasteiger partial charge on any atom is -0.497 e. The molecule has 0 saturated carbocycles. The van der Waals surface area contributed by atoms with Crippen LogP contribution in [-0.2, 0) is 19.6 Å². The second-order valence-corrected chi connectivity index (χ2v) is 9.97. The van der Waals surface area contributed by atoms with Crippen molar-refractivity contribution in [2.45, 2.75) is 31.2 Å². The average Bonchev–Trinajstić information content (AvgIpc) is 3.30. The van der Waals surface area contributed by atoms with Crippen LogP contribution in [0.5, 0.6) is 5.75 Å². The highest BCUT2D eigenvalue weighted by molar-refractivity contribution is 7.92. The molecule has 0 fully saturated rings. The molecule has 186 valence electrons. The number of hydrogen-bond acceptors (Lipinski definition) is 6. The zero-order valence-electron chi connectivity index (χ0n) is 20.1. The maximum Gasteiger partial charge on any atom is 0.261 e. The van der Waals surface area contributed by atoms with Crippen molar-refractivity contribution >= 4 is 38.9 Å². The van der Waals surface area contributed by atoms with Crippen LogP contribution in [0.2, 0.25) is 0 Å². The summed E-state index contributed by atoms with van der Waals surface area (Å²) in [5, 5.41) is 8.61. The fraction of sp³-hybridized carbons (Fsp3) is 0.192. The first-order valence-corrected chi connectivity index (χ1v) is 12.7. The van der Waals surface area contributed by atoms with E-state index in [2.05, 4.69) is 15.1 Å². The molecule has 0 radical (unpaired) electrons. The number of amides is 2. The van der Waals surface area contributed by atoms with E-state index in [1.54, 1.807) is 31.4 Å². The molecule has 0 spiro atoms. The maximum atomic E-state index is 12.8. The van der Waals surface area contributed by atoms with Gasteiger partial charge in [0.25, 0.3) is 10.0 Å². The number of ether oxygens (including phenoxy) is 1. The Balaban J connectivity index is 1.49. The van der Waals surface area contributed by atoms with Gasteiger partial charge in [-0.25, -0.2) is 13.4 Å². The van der Waals surface area contributed by atoms with E-state index in [0.29, 0.717) is 17.8 Å². The van der Waals surface area contributed by atoms with Crippen LogP contribution in [0.1, 0.15) is 37.4 Å². The first-order chi connectivity index (χ1) is 17.2. The molecule has 36 heavy (non-hydrogen) atoms. The van der Waals surface area contributed by atoms with Gasteiger partial charge in [0.15, 0.2) is 0 Å². The SMILES string of the molecule is COc1ccc(C2CC(c3ccc(NS(=O)(=O)c4ccc(NC(C)=O)cc4)cc3)=NN2C(C)=O)cc1. The second-order valence-electron chi connectivity index (χ2n) is 8.29. The number of sulfonamides is 1. The molecular formula is C26H26N4O5S. The van der Waals surface area contributed by atoms with E-state index in [9.17, 15) is 18.0 Å². The molecule has 0 aromatic heterocycles. The van der Waals surface area contributed by atoms with Crippen LogP contribution >= 0.6 is 0 Å². The van der Waals surface area contributed by atoms with Gasteiger partial charge in [-0.05, 0) is 59.7 Å². The number of hydrogen-bond donors (Lipinski definition) is 2. The summed E-state index contributed by atoms with van der Waals surface area (Å²) < 4.78 is 33.3. The minimum absolute atomic E-state index is 0.0697. The van der Waals surface area contributed by atoms with E-state index < -0.39 is 10.0 Å². The van der Waals surface area contributed by atoms with Crippen molar-refractivity contribution in [3.8, 4) is 5.75 Å². The Kier molecular flexibility index (Phi) is 7.07. The molecule has 3 aromatic carbocycles. The van der Waals surface area contributed by atoms with Crippen LogP contribution in [0, 0.1) is 0 Å². The molecule has 1 atom stereocenters. The predicted octanol–water partition coefficient (Wildman–Crippen LogP) is 4.15. The number of methoxy groups -OCH3 is 1. The van der Waals surface area contributed by atoms with Crippen LogP contribution < -0.4 is 14.8 Å². The zero-order valence-corrected chi connectivity index (χ0v) is 20.9. The normalized spacial score (nSPS) is 15.2. The monoisotopic (exact) mass is 506 g/mol. The van der Waals surface area contributed by atoms with Gasteiger partial charge in [-0.3, -0.25) is 14.3 Å². The molecule has 0 bridgehead atoms. The molecule has 1 unspecified atom stereocenters. The fourth-order valence-corrected chi connectivity index (χ4v) is 4.98. The Morgan fingerprint density at radius 3 is 2.08 bits per heavy atom. The number of carbonyl (C=O) groups is 2. The zero-order chi connectivity index (χ0) is 25.9. The van der Waals surface area contributed by atoms with Gasteiger partial charge in [0.05, 0.1) is 23.8 Å². The summed E-state index contributed by atoms with van der Waals surface area (Å²) in [6, 6.07) is 20.0. The van der Waals surface area contributed by atoms with E-state index in [0.717, 1.165) is 22.6 Å². The van der Waals surface area contributed by atoms with Crippen molar-refractivity contribution in [3.05, 3.63) is 83.9 Å². The smallest absolute Gasteiger partial charge is 0.261 e. The van der Waals surface area contributed by atoms with Crippen molar-refractivity contribution < 1.29 is 22.7 Å². The van der Waals surface area contributed by atoms with Crippen LogP contribution in [-0.4, -0.2) is 38.1 Å². The number of benzene rings is 3. The highest BCUT2D eigenvalue weighted by Gasteiger charge is 2.31. The molecule has 0 aliphatic carbocycles. The Morgan fingerprint density at radius 1 is 0.917 bits per heavy atom. The van der Waals surface area contributed by atoms with E-state index in [-0.39, 0.29) is 22.8 Å². The summed E-state index contributed by atoms with van der Waals surface area (Å²) in [6.07, 6.45) is 0.525. The molecule has 1 heterocycles. The molecule has 1 aliphatic rings. The quantitative estimate of drug-likeness (QED) is 0.499. The van der Waals surface area contributed by atoms with Crippen LogP contribution in [0.15, 0.2) is 82.8 Å². The van der Waals surface area contributed by atoms with E-state index in [1.807, 2.05) is 24.3 Å². The van der Waals surface area contributed by atoms with Crippen LogP contribution in [0.25, 0.3) is 0 Å². The first kappa shape index (κ1) is 24.9. The van der Waals surface area contributed by atoms with Gasteiger partial charge >= 0.3 is 0 Å². The second kappa shape index (κ2) is 10.2. The molecule has 4 rings (SSSR count). The highest BCUT2D eigenvalue weighted by atomic mass is 32.2. The molecule has 1 aliphatic heterocycles. The van der Waals surface area contributed by atoms with Crippen LogP contribution in [0.3, 0.4) is 0 Å². The van der Waals surface area contributed by atoms with E-state index in [1.165, 1.54) is 43.1 Å². The van der Waals surface area contributed by atoms with Crippen LogP contribution in [0.4, 0.5) is 11.4 Å². The lowest BCUT2D eigenvalue weighted by Gasteiger charge is -2.20. The third-order valence-corrected chi connectivity index (χ3v) is 7.09. The Hall–Kier alpha value is -4.18. The molecular weight excluding hydrogens is 480 g/mol. The molecule has 0 saturated heterocycles. The van der Waals surface area contributed by atoms with Gasteiger partial charge < -0.3 is 10.1 Å². The largest absolute Gasteiger partial charge is 0.497 e. The Morgan fingerprint density at radius 2 is 1.53 bits per heavy atom. The summed E-state index contributed by atoms with van der Waals surface area (Å²) in [4.78, 5) is 23.5. The van der Waals surface area contributed by atoms with E-state index >= 15 is 0 Å². The number of nitrogens with zero attached hydrogens (tertiary/aromatic N) is 2. The highest BCUT2D eigenvalue weighted by Crippen LogP contribution is 2.34. The van der Waals surface area contributed by atoms with Gasteiger partial charge in [0, 0.05) is 31.6 Å². The molecule has 2 N–H and O–H groups in total. The molecule has 2 amide bonds. The van der Waals surface area contributed by atoms with E-state index in [4.69, 9.17) is 4.74 Å². The van der Waals surface area contributed by atoms with Crippen molar-refractivity contribution in [2.24, 2.45) is 5.10 Å². The van der Waals surface area contributed by atoms with Crippen molar-refractivity contribution in [1.82, 2.24) is 5.01 Å². The third kappa shape index (κ3) is 5.55. The lowest BCUT2D eigenvalue weighted by atomic mass is 9.98. The lowest BCUT2D eigenvalue weighted by Crippen LogP contribution is -2.24. The maximum absolute atomic E-state index is 12.8. The first-order valence-electron chi connectivity index (χ1n) is 11.2. The van der Waals surface area contributed by atoms with Crippen molar-refractivity contribution in [2.75, 3.05) is 17.1 Å². The lowest BCUT2D eigenvalue weighted by molar-refractivity contribution is -0.130. The summed E-state index contributed by atoms with van der Waals surface area (Å²) in [7, 11) is -2.22. The summed E-state index contributed by atoms with van der Waals surface area (Å²) in [6.45, 7) is 2.85. The Bertz CT molecular complexity index is 1400. The summed E-state index contributed by atoms with van der Waals surface area (Å²) in [5.74, 6) is 0.325. The molecule has 10 heteroatoms. The van der Waals surface area contributed by atoms with Gasteiger partial charge in [0.1, 0.15) is 5.75 Å². The number of hydrazone groups is 1. The molecule has 9 nitrogen and oxygen atoms in total. The van der Waals surface area contributed by atoms with Gasteiger partial charge in [0.2, 0.25) is 11.8 Å². The number of nitrogens with one attached hydrogen (secondary N) is 2. The standard InChI is InChI=1S/C26H26N4O5S/c1-17(31)27-21-10-14-24(15-11-21)36(33,34)29-22-8-4-19(5-9-22)25-16-26(30(28-25)18(2)32)20-6-12-23(35-3)13-7-20/h4-15,26,29H,16H2,1-3H3,(H,27,31). The topological polar surface area (TPSA) is 117 Å². The van der Waals surface area contributed by atoms with Gasteiger partial charge in [-0.1, -0.05) is 24.3 Å². The average molecular weight is 507 g/mol. The van der Waals surface area contributed by atoms with Crippen molar-refractivity contribution in [1.29, 1.82) is 0 Å². The number of carbonyl (C=O) groups excluding carboxylic acids is 2.